The van der Waals surface area contributed by atoms with Gasteiger partial charge in [0.15, 0.2) is 0 Å². The van der Waals surface area contributed by atoms with Crippen molar-refractivity contribution in [2.45, 2.75) is 32.9 Å². The smallest absolute Gasteiger partial charge is 0.0235 e. The van der Waals surface area contributed by atoms with Gasteiger partial charge in [-0.25, -0.2) is 0 Å². The highest BCUT2D eigenvalue weighted by Crippen LogP contribution is 2.14. The van der Waals surface area contributed by atoms with E-state index in [1.807, 2.05) is 0 Å². The third kappa shape index (κ3) is 4.58. The van der Waals surface area contributed by atoms with Gasteiger partial charge in [-0.15, -0.1) is 0 Å². The lowest BCUT2D eigenvalue weighted by Crippen LogP contribution is -2.38. The number of benzene rings is 1. The topological polar surface area (TPSA) is 18.5 Å². The van der Waals surface area contributed by atoms with E-state index in [0.29, 0.717) is 0 Å². The van der Waals surface area contributed by atoms with Crippen LogP contribution in [0.15, 0.2) is 30.3 Å². The van der Waals surface area contributed by atoms with Crippen molar-refractivity contribution in [3.05, 3.63) is 35.9 Å². The Balaban J connectivity index is 1.61. The summed E-state index contributed by atoms with van der Waals surface area (Å²) < 4.78 is 0. The summed E-state index contributed by atoms with van der Waals surface area (Å²) in [5.41, 5.74) is 1.37. The fourth-order valence-corrected chi connectivity index (χ4v) is 3.12. The van der Waals surface area contributed by atoms with Crippen LogP contribution < -0.4 is 5.32 Å². The van der Waals surface area contributed by atoms with E-state index in [-0.39, 0.29) is 0 Å². The Bertz CT molecular complexity index is 362. The van der Waals surface area contributed by atoms with Crippen molar-refractivity contribution in [1.29, 1.82) is 0 Å². The molecule has 1 heterocycles. The van der Waals surface area contributed by atoms with Gasteiger partial charge in [0.05, 0.1) is 0 Å². The van der Waals surface area contributed by atoms with Crippen LogP contribution in [0.5, 0.6) is 0 Å². The first kappa shape index (κ1) is 15.5. The highest BCUT2D eigenvalue weighted by atomic mass is 15.3. The second-order valence-corrected chi connectivity index (χ2v) is 5.63. The van der Waals surface area contributed by atoms with Crippen molar-refractivity contribution in [3.8, 4) is 0 Å². The predicted molar refractivity (Wildman–Crippen MR) is 85.9 cm³/mol. The summed E-state index contributed by atoms with van der Waals surface area (Å²) in [6.45, 7) is 12.6. The first-order valence-corrected chi connectivity index (χ1v) is 8.04. The quantitative estimate of drug-likeness (QED) is 0.734. The van der Waals surface area contributed by atoms with Gasteiger partial charge >= 0.3 is 0 Å². The fraction of sp³-hybridized carbons (Fsp3) is 0.647. The number of nitrogens with zero attached hydrogens (tertiary/aromatic N) is 2. The Kier molecular flexibility index (Phi) is 6.51. The van der Waals surface area contributed by atoms with Crippen molar-refractivity contribution in [2.75, 3.05) is 39.3 Å². The first-order chi connectivity index (χ1) is 9.83. The molecule has 20 heavy (non-hydrogen) atoms. The number of nitrogens with one attached hydrogen (secondary N) is 1. The van der Waals surface area contributed by atoms with Gasteiger partial charge in [0.2, 0.25) is 0 Å². The average molecular weight is 275 g/mol. The van der Waals surface area contributed by atoms with Gasteiger partial charge in [0.25, 0.3) is 0 Å². The molecule has 0 spiro atoms. The zero-order valence-corrected chi connectivity index (χ0v) is 13.0. The monoisotopic (exact) mass is 275 g/mol. The van der Waals surface area contributed by atoms with Gasteiger partial charge in [-0.05, 0) is 31.6 Å². The molecule has 0 amide bonds. The zero-order valence-electron chi connectivity index (χ0n) is 13.0. The molecule has 112 valence electrons. The van der Waals surface area contributed by atoms with Crippen LogP contribution in [0.2, 0.25) is 0 Å². The van der Waals surface area contributed by atoms with Gasteiger partial charge in [-0.1, -0.05) is 44.2 Å². The lowest BCUT2D eigenvalue weighted by atomic mass is 10.2. The lowest BCUT2D eigenvalue weighted by molar-refractivity contribution is 0.211. The molecule has 1 atom stereocenters. The molecular weight excluding hydrogens is 246 g/mol. The van der Waals surface area contributed by atoms with Crippen LogP contribution in [-0.2, 0) is 6.54 Å². The largest absolute Gasteiger partial charge is 0.311 e. The highest BCUT2D eigenvalue weighted by molar-refractivity contribution is 5.14. The van der Waals surface area contributed by atoms with E-state index in [4.69, 9.17) is 0 Å². The van der Waals surface area contributed by atoms with Crippen molar-refractivity contribution in [1.82, 2.24) is 15.1 Å². The molecule has 1 saturated heterocycles. The molecule has 0 radical (unpaired) electrons. The molecule has 3 heteroatoms. The third-order valence-electron chi connectivity index (χ3n) is 4.35. The molecule has 1 unspecified atom stereocenters. The Morgan fingerprint density at radius 1 is 1.20 bits per heavy atom. The van der Waals surface area contributed by atoms with E-state index in [1.54, 1.807) is 0 Å². The molecule has 0 bridgehead atoms. The Labute approximate surface area is 124 Å². The first-order valence-electron chi connectivity index (χ1n) is 8.04. The van der Waals surface area contributed by atoms with Gasteiger partial charge < -0.3 is 10.2 Å². The molecule has 1 N–H and O–H groups in total. The second kappa shape index (κ2) is 8.40. The van der Waals surface area contributed by atoms with E-state index < -0.39 is 0 Å². The minimum atomic E-state index is 0.777. The minimum Gasteiger partial charge on any atom is -0.311 e. The summed E-state index contributed by atoms with van der Waals surface area (Å²) >= 11 is 0. The van der Waals surface area contributed by atoms with Crippen LogP contribution in [0, 0.1) is 0 Å². The maximum absolute atomic E-state index is 3.55. The lowest BCUT2D eigenvalue weighted by Gasteiger charge is -2.26. The number of hydrogen-bond donors (Lipinski definition) is 1. The molecule has 1 aliphatic heterocycles. The maximum Gasteiger partial charge on any atom is 0.0235 e. The fourth-order valence-electron chi connectivity index (χ4n) is 3.12. The highest BCUT2D eigenvalue weighted by Gasteiger charge is 2.25. The molecule has 0 aliphatic carbocycles. The van der Waals surface area contributed by atoms with Gasteiger partial charge in [-0.2, -0.15) is 0 Å². The number of rotatable bonds is 8. The Hall–Kier alpha value is -0.900. The summed E-state index contributed by atoms with van der Waals surface area (Å²) in [6, 6.07) is 11.4. The van der Waals surface area contributed by atoms with Crippen LogP contribution >= 0.6 is 0 Å². The van der Waals surface area contributed by atoms with Crippen LogP contribution in [0.25, 0.3) is 0 Å². The van der Waals surface area contributed by atoms with E-state index >= 15 is 0 Å². The molecule has 2 rings (SSSR count). The van der Waals surface area contributed by atoms with E-state index in [2.05, 4.69) is 59.3 Å². The van der Waals surface area contributed by atoms with Gasteiger partial charge in [-0.3, -0.25) is 4.90 Å². The molecule has 0 aromatic heterocycles. The van der Waals surface area contributed by atoms with E-state index in [1.165, 1.54) is 44.7 Å². The summed E-state index contributed by atoms with van der Waals surface area (Å²) in [5, 5.41) is 3.55. The van der Waals surface area contributed by atoms with Crippen LogP contribution in [0.3, 0.4) is 0 Å². The van der Waals surface area contributed by atoms with Crippen molar-refractivity contribution >= 4 is 0 Å². The summed E-state index contributed by atoms with van der Waals surface area (Å²) in [6.07, 6.45) is 1.33. The Morgan fingerprint density at radius 2 is 1.95 bits per heavy atom. The van der Waals surface area contributed by atoms with E-state index in [0.717, 1.165) is 19.1 Å². The predicted octanol–water partition coefficient (Wildman–Crippen LogP) is 2.19. The molecule has 1 aromatic carbocycles. The van der Waals surface area contributed by atoms with Crippen molar-refractivity contribution < 1.29 is 0 Å². The third-order valence-corrected chi connectivity index (χ3v) is 4.35. The normalized spacial score (nSPS) is 19.9. The molecule has 1 aliphatic rings. The van der Waals surface area contributed by atoms with Crippen molar-refractivity contribution in [2.24, 2.45) is 0 Å². The van der Waals surface area contributed by atoms with Crippen LogP contribution in [0.1, 0.15) is 25.8 Å². The van der Waals surface area contributed by atoms with Gasteiger partial charge in [0, 0.05) is 32.2 Å². The molecule has 3 nitrogen and oxygen atoms in total. The Morgan fingerprint density at radius 3 is 2.65 bits per heavy atom. The number of likely N-dealkylation sites (N-methyl/N-ethyl adjacent to an activating group) is 1. The second-order valence-electron chi connectivity index (χ2n) is 5.63. The minimum absolute atomic E-state index is 0.777. The van der Waals surface area contributed by atoms with Gasteiger partial charge in [0.1, 0.15) is 0 Å². The van der Waals surface area contributed by atoms with Crippen LogP contribution in [-0.4, -0.2) is 55.1 Å². The maximum atomic E-state index is 3.55. The number of likely N-dealkylation sites (tertiary alicyclic amines) is 1. The van der Waals surface area contributed by atoms with Crippen molar-refractivity contribution in [3.63, 3.8) is 0 Å². The average Bonchev–Trinajstić information content (AvgIpc) is 2.95. The van der Waals surface area contributed by atoms with E-state index in [9.17, 15) is 0 Å². The molecular formula is C17H29N3. The number of hydrogen-bond acceptors (Lipinski definition) is 3. The summed E-state index contributed by atoms with van der Waals surface area (Å²) in [7, 11) is 0. The van der Waals surface area contributed by atoms with Crippen LogP contribution in [0.4, 0.5) is 0 Å². The molecule has 1 fully saturated rings. The molecule has 0 saturated carbocycles. The summed E-state index contributed by atoms with van der Waals surface area (Å²) in [4.78, 5) is 5.19. The molecule has 1 aromatic rings. The zero-order chi connectivity index (χ0) is 14.2. The standard InChI is InChI=1S/C17H29N3/c1-3-20(4-2)17-10-12-19(15-17)13-11-18-14-16-8-6-5-7-9-16/h5-9,17-18H,3-4,10-15H2,1-2H3. The SMILES string of the molecule is CCN(CC)C1CCN(CCNCc2ccccc2)C1. The summed E-state index contributed by atoms with van der Waals surface area (Å²) in [5.74, 6) is 0.